The summed E-state index contributed by atoms with van der Waals surface area (Å²) in [5, 5.41) is 13.1. The molecule has 0 amide bonds. The van der Waals surface area contributed by atoms with Gasteiger partial charge in [0.1, 0.15) is 5.54 Å². The van der Waals surface area contributed by atoms with Gasteiger partial charge in [-0.2, -0.15) is 5.26 Å². The van der Waals surface area contributed by atoms with Crippen molar-refractivity contribution in [2.45, 2.75) is 69.4 Å². The predicted molar refractivity (Wildman–Crippen MR) is 90.7 cm³/mol. The van der Waals surface area contributed by atoms with Crippen LogP contribution in [0.5, 0.6) is 0 Å². The lowest BCUT2D eigenvalue weighted by Crippen LogP contribution is -2.44. The van der Waals surface area contributed by atoms with Crippen molar-refractivity contribution in [1.29, 1.82) is 5.26 Å². The normalized spacial score (nSPS) is 17.2. The molecule has 0 saturated heterocycles. The van der Waals surface area contributed by atoms with E-state index in [1.807, 2.05) is 11.8 Å². The van der Waals surface area contributed by atoms with E-state index < -0.39 is 0 Å². The van der Waals surface area contributed by atoms with Crippen LogP contribution < -0.4 is 5.32 Å². The summed E-state index contributed by atoms with van der Waals surface area (Å²) in [6.45, 7) is 6.43. The Kier molecular flexibility index (Phi) is 5.72. The first kappa shape index (κ1) is 16.4. The summed E-state index contributed by atoms with van der Waals surface area (Å²) >= 11 is 1.91. The monoisotopic (exact) mass is 302 g/mol. The molecule has 1 atom stereocenters. The van der Waals surface area contributed by atoms with Crippen LogP contribution >= 0.6 is 11.8 Å². The van der Waals surface area contributed by atoms with Crippen LogP contribution in [0, 0.1) is 25.2 Å². The van der Waals surface area contributed by atoms with Crippen LogP contribution in [0.2, 0.25) is 0 Å². The molecule has 1 aliphatic rings. The molecule has 0 bridgehead atoms. The van der Waals surface area contributed by atoms with Crippen LogP contribution in [-0.2, 0) is 0 Å². The van der Waals surface area contributed by atoms with Crippen LogP contribution in [0.15, 0.2) is 23.1 Å². The second-order valence-corrected chi connectivity index (χ2v) is 7.32. The highest BCUT2D eigenvalue weighted by Crippen LogP contribution is 2.29. The highest BCUT2D eigenvalue weighted by atomic mass is 32.2. The maximum Gasteiger partial charge on any atom is 0.106 e. The Labute approximate surface area is 133 Å². The van der Waals surface area contributed by atoms with Gasteiger partial charge in [-0.05, 0) is 63.3 Å². The lowest BCUT2D eigenvalue weighted by Gasteiger charge is -2.26. The van der Waals surface area contributed by atoms with Gasteiger partial charge in [0.2, 0.25) is 0 Å². The van der Waals surface area contributed by atoms with Gasteiger partial charge < -0.3 is 0 Å². The first-order valence-corrected chi connectivity index (χ1v) is 8.96. The fourth-order valence-corrected chi connectivity index (χ4v) is 3.61. The first-order chi connectivity index (χ1) is 10.1. The molecule has 1 unspecified atom stereocenters. The molecular weight excluding hydrogens is 276 g/mol. The van der Waals surface area contributed by atoms with Crippen molar-refractivity contribution in [3.63, 3.8) is 0 Å². The minimum absolute atomic E-state index is 0.302. The van der Waals surface area contributed by atoms with Gasteiger partial charge in [-0.15, -0.1) is 11.8 Å². The average molecular weight is 302 g/mol. The van der Waals surface area contributed by atoms with Crippen molar-refractivity contribution in [2.24, 2.45) is 0 Å². The SMILES string of the molecule is CCC(C#N)(CCCSc1ccc(C)cc1C)NC1CC1. The Morgan fingerprint density at radius 1 is 1.38 bits per heavy atom. The largest absolute Gasteiger partial charge is 0.297 e. The predicted octanol–water partition coefficient (Wildman–Crippen LogP) is 4.60. The number of benzene rings is 1. The lowest BCUT2D eigenvalue weighted by molar-refractivity contribution is 0.367. The van der Waals surface area contributed by atoms with Crippen molar-refractivity contribution in [3.05, 3.63) is 29.3 Å². The Balaban J connectivity index is 1.81. The summed E-state index contributed by atoms with van der Waals surface area (Å²) in [5.41, 5.74) is 2.38. The zero-order valence-corrected chi connectivity index (χ0v) is 14.2. The molecule has 1 N–H and O–H groups in total. The molecule has 1 fully saturated rings. The molecule has 1 aliphatic carbocycles. The third-order valence-corrected chi connectivity index (χ3v) is 5.47. The van der Waals surface area contributed by atoms with Gasteiger partial charge in [-0.1, -0.05) is 24.6 Å². The molecule has 1 aromatic rings. The van der Waals surface area contributed by atoms with Gasteiger partial charge in [0.15, 0.2) is 0 Å². The lowest BCUT2D eigenvalue weighted by atomic mass is 9.92. The topological polar surface area (TPSA) is 35.8 Å². The van der Waals surface area contributed by atoms with Crippen molar-refractivity contribution in [3.8, 4) is 6.07 Å². The summed E-state index contributed by atoms with van der Waals surface area (Å²) in [5.74, 6) is 1.08. The summed E-state index contributed by atoms with van der Waals surface area (Å²) < 4.78 is 0. The fourth-order valence-electron chi connectivity index (χ4n) is 2.65. The third kappa shape index (κ3) is 4.76. The third-order valence-electron chi connectivity index (χ3n) is 4.21. The summed E-state index contributed by atoms with van der Waals surface area (Å²) in [6.07, 6.45) is 5.41. The van der Waals surface area contributed by atoms with E-state index in [1.54, 1.807) is 0 Å². The number of nitrogens with zero attached hydrogens (tertiary/aromatic N) is 1. The highest BCUT2D eigenvalue weighted by Gasteiger charge is 2.34. The average Bonchev–Trinajstić information content (AvgIpc) is 3.28. The maximum atomic E-state index is 9.52. The van der Waals surface area contributed by atoms with Crippen LogP contribution in [-0.4, -0.2) is 17.3 Å². The molecule has 21 heavy (non-hydrogen) atoms. The van der Waals surface area contributed by atoms with Gasteiger partial charge in [-0.25, -0.2) is 0 Å². The van der Waals surface area contributed by atoms with Crippen molar-refractivity contribution >= 4 is 11.8 Å². The summed E-state index contributed by atoms with van der Waals surface area (Å²) in [7, 11) is 0. The van der Waals surface area contributed by atoms with E-state index >= 15 is 0 Å². The van der Waals surface area contributed by atoms with Crippen LogP contribution in [0.4, 0.5) is 0 Å². The minimum Gasteiger partial charge on any atom is -0.297 e. The van der Waals surface area contributed by atoms with E-state index in [0.29, 0.717) is 6.04 Å². The second kappa shape index (κ2) is 7.33. The molecule has 2 rings (SSSR count). The van der Waals surface area contributed by atoms with E-state index in [9.17, 15) is 5.26 Å². The molecule has 1 saturated carbocycles. The number of hydrogen-bond acceptors (Lipinski definition) is 3. The number of nitrogens with one attached hydrogen (secondary N) is 1. The minimum atomic E-state index is -0.302. The quantitative estimate of drug-likeness (QED) is 0.563. The maximum absolute atomic E-state index is 9.52. The number of hydrogen-bond donors (Lipinski definition) is 1. The molecule has 0 aliphatic heterocycles. The first-order valence-electron chi connectivity index (χ1n) is 7.97. The molecule has 2 nitrogen and oxygen atoms in total. The van der Waals surface area contributed by atoms with E-state index in [0.717, 1.165) is 25.0 Å². The van der Waals surface area contributed by atoms with Gasteiger partial charge >= 0.3 is 0 Å². The Morgan fingerprint density at radius 3 is 2.71 bits per heavy atom. The molecule has 114 valence electrons. The van der Waals surface area contributed by atoms with Gasteiger partial charge in [0.25, 0.3) is 0 Å². The van der Waals surface area contributed by atoms with Crippen LogP contribution in [0.3, 0.4) is 0 Å². The zero-order chi connectivity index (χ0) is 15.3. The van der Waals surface area contributed by atoms with Gasteiger partial charge in [-0.3, -0.25) is 5.32 Å². The number of nitriles is 1. The van der Waals surface area contributed by atoms with E-state index in [4.69, 9.17) is 0 Å². The smallest absolute Gasteiger partial charge is 0.106 e. The molecule has 0 heterocycles. The van der Waals surface area contributed by atoms with Gasteiger partial charge in [0, 0.05) is 10.9 Å². The van der Waals surface area contributed by atoms with Crippen molar-refractivity contribution in [2.75, 3.05) is 5.75 Å². The highest BCUT2D eigenvalue weighted by molar-refractivity contribution is 7.99. The fraction of sp³-hybridized carbons (Fsp3) is 0.611. The Bertz CT molecular complexity index is 516. The van der Waals surface area contributed by atoms with E-state index in [-0.39, 0.29) is 5.54 Å². The molecular formula is C18H26N2S. The van der Waals surface area contributed by atoms with Crippen molar-refractivity contribution < 1.29 is 0 Å². The Morgan fingerprint density at radius 2 is 2.14 bits per heavy atom. The number of aryl methyl sites for hydroxylation is 2. The van der Waals surface area contributed by atoms with Crippen molar-refractivity contribution in [1.82, 2.24) is 5.32 Å². The van der Waals surface area contributed by atoms with Crippen LogP contribution in [0.1, 0.15) is 50.2 Å². The van der Waals surface area contributed by atoms with Crippen LogP contribution in [0.25, 0.3) is 0 Å². The standard InChI is InChI=1S/C18H26N2S/c1-4-18(13-19,20-16-7-8-16)10-5-11-21-17-9-6-14(2)12-15(17)3/h6,9,12,16,20H,4-5,7-8,10-11H2,1-3H3. The zero-order valence-electron chi connectivity index (χ0n) is 13.4. The molecule has 0 aromatic heterocycles. The second-order valence-electron chi connectivity index (χ2n) is 6.19. The number of rotatable bonds is 8. The molecule has 3 heteroatoms. The Hall–Kier alpha value is -0.980. The number of thioether (sulfide) groups is 1. The van der Waals surface area contributed by atoms with Gasteiger partial charge in [0.05, 0.1) is 6.07 Å². The molecule has 0 radical (unpaired) electrons. The summed E-state index contributed by atoms with van der Waals surface area (Å²) in [4.78, 5) is 1.37. The molecule has 0 spiro atoms. The summed E-state index contributed by atoms with van der Waals surface area (Å²) in [6, 6.07) is 9.76. The van der Waals surface area contributed by atoms with E-state index in [2.05, 4.69) is 50.4 Å². The van der Waals surface area contributed by atoms with E-state index in [1.165, 1.54) is 28.9 Å². The molecule has 1 aromatic carbocycles.